The lowest BCUT2D eigenvalue weighted by Crippen LogP contribution is -2.31. The van der Waals surface area contributed by atoms with Gasteiger partial charge in [-0.25, -0.2) is 0 Å². The third kappa shape index (κ3) is 2.80. The van der Waals surface area contributed by atoms with Gasteiger partial charge in [-0.1, -0.05) is 6.08 Å². The fourth-order valence-electron chi connectivity index (χ4n) is 1.12. The number of nitrogens with one attached hydrogen (secondary N) is 1. The third-order valence-electron chi connectivity index (χ3n) is 2.07. The van der Waals surface area contributed by atoms with E-state index in [-0.39, 0.29) is 11.9 Å². The molecule has 0 radical (unpaired) electrons. The van der Waals surface area contributed by atoms with E-state index in [1.54, 1.807) is 19.1 Å². The average molecular weight is 205 g/mol. The lowest BCUT2D eigenvalue weighted by atomic mass is 10.1. The molecule has 0 aliphatic heterocycles. The molecule has 0 spiro atoms. The number of nitrogen functional groups attached to an aromatic ring is 1. The van der Waals surface area contributed by atoms with Gasteiger partial charge in [-0.15, -0.1) is 6.58 Å². The molecular formula is C11H15N3O. The van der Waals surface area contributed by atoms with Gasteiger partial charge in [-0.3, -0.25) is 9.78 Å². The number of rotatable bonds is 3. The summed E-state index contributed by atoms with van der Waals surface area (Å²) in [5.74, 6) is -0.181. The van der Waals surface area contributed by atoms with Crippen LogP contribution in [0.25, 0.3) is 0 Å². The second-order valence-corrected chi connectivity index (χ2v) is 3.40. The maximum absolute atomic E-state index is 11.7. The first-order valence-corrected chi connectivity index (χ1v) is 4.70. The van der Waals surface area contributed by atoms with Crippen molar-refractivity contribution < 1.29 is 4.79 Å². The summed E-state index contributed by atoms with van der Waals surface area (Å²) in [4.78, 5) is 15.8. The van der Waals surface area contributed by atoms with E-state index >= 15 is 0 Å². The minimum atomic E-state index is -0.181. The van der Waals surface area contributed by atoms with Crippen LogP contribution in [0.1, 0.15) is 23.0 Å². The van der Waals surface area contributed by atoms with Crippen molar-refractivity contribution in [3.05, 3.63) is 36.2 Å². The first-order valence-electron chi connectivity index (χ1n) is 4.70. The molecule has 1 unspecified atom stereocenters. The molecular weight excluding hydrogens is 190 g/mol. The summed E-state index contributed by atoms with van der Waals surface area (Å²) in [5.41, 5.74) is 7.22. The Morgan fingerprint density at radius 3 is 3.00 bits per heavy atom. The van der Waals surface area contributed by atoms with E-state index in [4.69, 9.17) is 5.73 Å². The van der Waals surface area contributed by atoms with E-state index in [1.165, 1.54) is 6.20 Å². The number of nitrogens with two attached hydrogens (primary N) is 1. The molecule has 1 rings (SSSR count). The SMILES string of the molecule is C=CC(C)NC(=O)c1cc(N)cnc1C. The van der Waals surface area contributed by atoms with Crippen LogP contribution in [0.5, 0.6) is 0 Å². The summed E-state index contributed by atoms with van der Waals surface area (Å²) >= 11 is 0. The van der Waals surface area contributed by atoms with Gasteiger partial charge in [-0.05, 0) is 19.9 Å². The molecule has 1 aromatic rings. The number of carbonyl (C=O) groups is 1. The summed E-state index contributed by atoms with van der Waals surface area (Å²) in [6, 6.07) is 1.55. The van der Waals surface area contributed by atoms with Crippen LogP contribution in [-0.4, -0.2) is 16.9 Å². The summed E-state index contributed by atoms with van der Waals surface area (Å²) in [6.45, 7) is 7.21. The van der Waals surface area contributed by atoms with E-state index < -0.39 is 0 Å². The summed E-state index contributed by atoms with van der Waals surface area (Å²) in [6.07, 6.45) is 3.19. The molecule has 1 atom stereocenters. The number of nitrogens with zero attached hydrogens (tertiary/aromatic N) is 1. The van der Waals surface area contributed by atoms with Gasteiger partial charge >= 0.3 is 0 Å². The average Bonchev–Trinajstić information content (AvgIpc) is 2.21. The largest absolute Gasteiger partial charge is 0.397 e. The van der Waals surface area contributed by atoms with Gasteiger partial charge in [0.05, 0.1) is 23.1 Å². The second kappa shape index (κ2) is 4.59. The maximum Gasteiger partial charge on any atom is 0.253 e. The highest BCUT2D eigenvalue weighted by Gasteiger charge is 2.11. The summed E-state index contributed by atoms with van der Waals surface area (Å²) in [5, 5.41) is 2.76. The molecule has 3 N–H and O–H groups in total. The molecule has 0 aromatic carbocycles. The molecule has 0 saturated carbocycles. The van der Waals surface area contributed by atoms with Gasteiger partial charge in [0.25, 0.3) is 5.91 Å². The van der Waals surface area contributed by atoms with Crippen LogP contribution in [0.2, 0.25) is 0 Å². The quantitative estimate of drug-likeness (QED) is 0.730. The number of aromatic nitrogens is 1. The third-order valence-corrected chi connectivity index (χ3v) is 2.07. The lowest BCUT2D eigenvalue weighted by Gasteiger charge is -2.10. The monoisotopic (exact) mass is 205 g/mol. The zero-order valence-corrected chi connectivity index (χ0v) is 8.95. The van der Waals surface area contributed by atoms with E-state index in [2.05, 4.69) is 16.9 Å². The zero-order valence-electron chi connectivity index (χ0n) is 8.95. The highest BCUT2D eigenvalue weighted by molar-refractivity contribution is 5.96. The number of pyridine rings is 1. The molecule has 80 valence electrons. The van der Waals surface area contributed by atoms with Crippen molar-refractivity contribution in [2.24, 2.45) is 0 Å². The molecule has 1 amide bonds. The van der Waals surface area contributed by atoms with Crippen molar-refractivity contribution in [2.45, 2.75) is 19.9 Å². The molecule has 0 aliphatic carbocycles. The zero-order chi connectivity index (χ0) is 11.4. The Balaban J connectivity index is 2.90. The van der Waals surface area contributed by atoms with Crippen molar-refractivity contribution >= 4 is 11.6 Å². The summed E-state index contributed by atoms with van der Waals surface area (Å²) < 4.78 is 0. The standard InChI is InChI=1S/C11H15N3O/c1-4-7(2)14-11(15)10-5-9(12)6-13-8(10)3/h4-7H,1,12H2,2-3H3,(H,14,15). The number of hydrogen-bond donors (Lipinski definition) is 2. The van der Waals surface area contributed by atoms with Gasteiger partial charge in [0.1, 0.15) is 0 Å². The number of aryl methyl sites for hydroxylation is 1. The van der Waals surface area contributed by atoms with Gasteiger partial charge in [0.15, 0.2) is 0 Å². The van der Waals surface area contributed by atoms with Crippen molar-refractivity contribution in [2.75, 3.05) is 5.73 Å². The Bertz CT molecular complexity index is 387. The molecule has 15 heavy (non-hydrogen) atoms. The van der Waals surface area contributed by atoms with Crippen LogP contribution in [0.4, 0.5) is 5.69 Å². The fourth-order valence-corrected chi connectivity index (χ4v) is 1.12. The Labute approximate surface area is 89.2 Å². The summed E-state index contributed by atoms with van der Waals surface area (Å²) in [7, 11) is 0. The number of carbonyl (C=O) groups excluding carboxylic acids is 1. The highest BCUT2D eigenvalue weighted by atomic mass is 16.1. The predicted octanol–water partition coefficient (Wildman–Crippen LogP) is 1.28. The van der Waals surface area contributed by atoms with Crippen LogP contribution in [0.3, 0.4) is 0 Å². The Morgan fingerprint density at radius 2 is 2.40 bits per heavy atom. The Kier molecular flexibility index (Phi) is 3.44. The second-order valence-electron chi connectivity index (χ2n) is 3.40. The van der Waals surface area contributed by atoms with E-state index in [0.29, 0.717) is 16.9 Å². The van der Waals surface area contributed by atoms with E-state index in [1.807, 2.05) is 6.92 Å². The van der Waals surface area contributed by atoms with Crippen LogP contribution in [0, 0.1) is 6.92 Å². The number of hydrogen-bond acceptors (Lipinski definition) is 3. The fraction of sp³-hybridized carbons (Fsp3) is 0.273. The van der Waals surface area contributed by atoms with Crippen molar-refractivity contribution in [1.29, 1.82) is 0 Å². The van der Waals surface area contributed by atoms with Crippen molar-refractivity contribution in [1.82, 2.24) is 10.3 Å². The number of amides is 1. The molecule has 0 saturated heterocycles. The molecule has 4 nitrogen and oxygen atoms in total. The molecule has 0 fully saturated rings. The minimum absolute atomic E-state index is 0.0710. The minimum Gasteiger partial charge on any atom is -0.397 e. The molecule has 0 aliphatic rings. The van der Waals surface area contributed by atoms with Crippen LogP contribution in [-0.2, 0) is 0 Å². The Hall–Kier alpha value is -1.84. The van der Waals surface area contributed by atoms with Crippen LogP contribution in [0.15, 0.2) is 24.9 Å². The first kappa shape index (κ1) is 11.2. The van der Waals surface area contributed by atoms with Gasteiger partial charge in [0.2, 0.25) is 0 Å². The first-order chi connectivity index (χ1) is 7.04. The highest BCUT2D eigenvalue weighted by Crippen LogP contribution is 2.09. The predicted molar refractivity (Wildman–Crippen MR) is 60.5 cm³/mol. The van der Waals surface area contributed by atoms with Crippen LogP contribution >= 0.6 is 0 Å². The number of anilines is 1. The van der Waals surface area contributed by atoms with Gasteiger partial charge in [-0.2, -0.15) is 0 Å². The van der Waals surface area contributed by atoms with E-state index in [0.717, 1.165) is 0 Å². The normalized spacial score (nSPS) is 11.9. The van der Waals surface area contributed by atoms with Crippen molar-refractivity contribution in [3.63, 3.8) is 0 Å². The molecule has 4 heteroatoms. The van der Waals surface area contributed by atoms with Crippen LogP contribution < -0.4 is 11.1 Å². The molecule has 1 heterocycles. The molecule has 0 bridgehead atoms. The van der Waals surface area contributed by atoms with Gasteiger partial charge in [0, 0.05) is 6.04 Å². The topological polar surface area (TPSA) is 68.0 Å². The smallest absolute Gasteiger partial charge is 0.253 e. The molecule has 1 aromatic heterocycles. The van der Waals surface area contributed by atoms with Crippen molar-refractivity contribution in [3.8, 4) is 0 Å². The van der Waals surface area contributed by atoms with E-state index in [9.17, 15) is 4.79 Å². The van der Waals surface area contributed by atoms with Gasteiger partial charge < -0.3 is 11.1 Å². The lowest BCUT2D eigenvalue weighted by molar-refractivity contribution is 0.0946. The maximum atomic E-state index is 11.7. The Morgan fingerprint density at radius 1 is 1.73 bits per heavy atom.